The Morgan fingerprint density at radius 2 is 1.90 bits per heavy atom. The van der Waals surface area contributed by atoms with Crippen LogP contribution in [-0.4, -0.2) is 34.9 Å². The van der Waals surface area contributed by atoms with Gasteiger partial charge in [-0.05, 0) is 18.1 Å². The van der Waals surface area contributed by atoms with Gasteiger partial charge in [0.05, 0.1) is 0 Å². The normalized spacial score (nSPS) is 11.8. The number of nitrogens with two attached hydrogens (primary N) is 1. The van der Waals surface area contributed by atoms with Gasteiger partial charge in [0.15, 0.2) is 0 Å². The highest BCUT2D eigenvalue weighted by Crippen LogP contribution is 2.12. The predicted octanol–water partition coefficient (Wildman–Crippen LogP) is 2.20. The lowest BCUT2D eigenvalue weighted by atomic mass is 10.1. The molecular formula is C14H19F2N3O2. The second-order valence-electron chi connectivity index (χ2n) is 5.14. The van der Waals surface area contributed by atoms with Crippen LogP contribution in [0.4, 0.5) is 8.78 Å². The molecule has 1 aromatic rings. The van der Waals surface area contributed by atoms with Crippen molar-refractivity contribution >= 4 is 11.7 Å². The monoisotopic (exact) mass is 299 g/mol. The third-order valence-corrected chi connectivity index (χ3v) is 2.75. The van der Waals surface area contributed by atoms with E-state index in [2.05, 4.69) is 5.16 Å². The van der Waals surface area contributed by atoms with Crippen molar-refractivity contribution < 1.29 is 18.8 Å². The molecule has 0 aliphatic heterocycles. The molecule has 0 fully saturated rings. The van der Waals surface area contributed by atoms with Crippen LogP contribution in [-0.2, 0) is 0 Å². The van der Waals surface area contributed by atoms with Crippen molar-refractivity contribution in [2.45, 2.75) is 20.3 Å². The third-order valence-electron chi connectivity index (χ3n) is 2.75. The standard InChI is InChI=1S/C14H19F2N3O2/c1-9(2)8-19(4-3-13(17)18-21)14(20)10-5-11(15)7-12(16)6-10/h5-7,9,21H,3-4,8H2,1-2H3,(H2,17,18). The smallest absolute Gasteiger partial charge is 0.254 e. The van der Waals surface area contributed by atoms with Gasteiger partial charge in [-0.15, -0.1) is 0 Å². The molecule has 1 rings (SSSR count). The van der Waals surface area contributed by atoms with E-state index < -0.39 is 17.5 Å². The average Bonchev–Trinajstić information content (AvgIpc) is 2.40. The summed E-state index contributed by atoms with van der Waals surface area (Å²) in [4.78, 5) is 13.8. The van der Waals surface area contributed by atoms with E-state index in [-0.39, 0.29) is 30.3 Å². The number of nitrogens with zero attached hydrogens (tertiary/aromatic N) is 2. The number of rotatable bonds is 6. The fourth-order valence-electron chi connectivity index (χ4n) is 1.88. The van der Waals surface area contributed by atoms with Crippen molar-refractivity contribution in [3.63, 3.8) is 0 Å². The molecule has 0 aliphatic carbocycles. The molecule has 1 aromatic carbocycles. The molecule has 0 saturated carbocycles. The van der Waals surface area contributed by atoms with Gasteiger partial charge in [0.1, 0.15) is 17.5 Å². The van der Waals surface area contributed by atoms with Crippen LogP contribution < -0.4 is 5.73 Å². The Bertz CT molecular complexity index is 513. The van der Waals surface area contributed by atoms with E-state index in [0.717, 1.165) is 12.1 Å². The highest BCUT2D eigenvalue weighted by atomic mass is 19.1. The van der Waals surface area contributed by atoms with E-state index in [9.17, 15) is 13.6 Å². The van der Waals surface area contributed by atoms with Crippen molar-refractivity contribution in [1.82, 2.24) is 4.90 Å². The summed E-state index contributed by atoms with van der Waals surface area (Å²) in [7, 11) is 0. The molecule has 5 nitrogen and oxygen atoms in total. The highest BCUT2D eigenvalue weighted by Gasteiger charge is 2.18. The minimum atomic E-state index is -0.806. The quantitative estimate of drug-likeness (QED) is 0.366. The van der Waals surface area contributed by atoms with Gasteiger partial charge in [0.2, 0.25) is 0 Å². The number of amides is 1. The van der Waals surface area contributed by atoms with Crippen LogP contribution in [0.3, 0.4) is 0 Å². The number of hydrogen-bond donors (Lipinski definition) is 2. The number of oxime groups is 1. The Kier molecular flexibility index (Phi) is 6.08. The molecule has 1 amide bonds. The first kappa shape index (κ1) is 16.9. The van der Waals surface area contributed by atoms with Crippen LogP contribution in [0, 0.1) is 17.6 Å². The Morgan fingerprint density at radius 1 is 1.33 bits per heavy atom. The zero-order valence-corrected chi connectivity index (χ0v) is 12.0. The summed E-state index contributed by atoms with van der Waals surface area (Å²) in [6, 6.07) is 2.68. The molecule has 0 heterocycles. The summed E-state index contributed by atoms with van der Waals surface area (Å²) in [6.07, 6.45) is 0.173. The topological polar surface area (TPSA) is 78.9 Å². The molecule has 0 radical (unpaired) electrons. The number of carbonyl (C=O) groups is 1. The van der Waals surface area contributed by atoms with E-state index in [1.54, 1.807) is 0 Å². The number of amidine groups is 1. The predicted molar refractivity (Wildman–Crippen MR) is 75.1 cm³/mol. The average molecular weight is 299 g/mol. The second kappa shape index (κ2) is 7.56. The van der Waals surface area contributed by atoms with Gasteiger partial charge < -0.3 is 15.8 Å². The molecular weight excluding hydrogens is 280 g/mol. The molecule has 0 aliphatic rings. The van der Waals surface area contributed by atoms with Gasteiger partial charge in [0.25, 0.3) is 5.91 Å². The summed E-state index contributed by atoms with van der Waals surface area (Å²) in [6.45, 7) is 4.42. The first-order chi connectivity index (χ1) is 9.83. The van der Waals surface area contributed by atoms with Crippen LogP contribution in [0.2, 0.25) is 0 Å². The van der Waals surface area contributed by atoms with Gasteiger partial charge in [-0.3, -0.25) is 4.79 Å². The summed E-state index contributed by atoms with van der Waals surface area (Å²) in [5, 5.41) is 11.4. The Morgan fingerprint density at radius 3 is 2.38 bits per heavy atom. The van der Waals surface area contributed by atoms with E-state index in [1.807, 2.05) is 13.8 Å². The maximum atomic E-state index is 13.2. The van der Waals surface area contributed by atoms with Gasteiger partial charge >= 0.3 is 0 Å². The molecule has 3 N–H and O–H groups in total. The fourth-order valence-corrected chi connectivity index (χ4v) is 1.88. The van der Waals surface area contributed by atoms with Gasteiger partial charge in [-0.25, -0.2) is 8.78 Å². The van der Waals surface area contributed by atoms with Crippen molar-refractivity contribution in [3.05, 3.63) is 35.4 Å². The molecule has 116 valence electrons. The molecule has 0 aromatic heterocycles. The van der Waals surface area contributed by atoms with Gasteiger partial charge in [-0.1, -0.05) is 19.0 Å². The molecule has 21 heavy (non-hydrogen) atoms. The first-order valence-electron chi connectivity index (χ1n) is 6.55. The minimum absolute atomic E-state index is 0.0121. The summed E-state index contributed by atoms with van der Waals surface area (Å²) in [5.41, 5.74) is 5.32. The highest BCUT2D eigenvalue weighted by molar-refractivity contribution is 5.94. The lowest BCUT2D eigenvalue weighted by Gasteiger charge is -2.24. The Balaban J connectivity index is 2.93. The van der Waals surface area contributed by atoms with Crippen LogP contribution in [0.1, 0.15) is 30.6 Å². The van der Waals surface area contributed by atoms with Crippen molar-refractivity contribution in [3.8, 4) is 0 Å². The van der Waals surface area contributed by atoms with E-state index in [4.69, 9.17) is 10.9 Å². The van der Waals surface area contributed by atoms with E-state index in [0.29, 0.717) is 12.6 Å². The van der Waals surface area contributed by atoms with Crippen molar-refractivity contribution in [1.29, 1.82) is 0 Å². The second-order valence-corrected chi connectivity index (χ2v) is 5.14. The zero-order chi connectivity index (χ0) is 16.0. The molecule has 7 heteroatoms. The molecule has 0 atom stereocenters. The van der Waals surface area contributed by atoms with Crippen molar-refractivity contribution in [2.24, 2.45) is 16.8 Å². The maximum absolute atomic E-state index is 13.2. The first-order valence-corrected chi connectivity index (χ1v) is 6.55. The largest absolute Gasteiger partial charge is 0.409 e. The third kappa shape index (κ3) is 5.37. The van der Waals surface area contributed by atoms with Crippen LogP contribution >= 0.6 is 0 Å². The molecule has 0 unspecified atom stereocenters. The van der Waals surface area contributed by atoms with Gasteiger partial charge in [0, 0.05) is 31.1 Å². The molecule has 0 spiro atoms. The summed E-state index contributed by atoms with van der Waals surface area (Å²) < 4.78 is 26.4. The summed E-state index contributed by atoms with van der Waals surface area (Å²) >= 11 is 0. The lowest BCUT2D eigenvalue weighted by Crippen LogP contribution is -2.36. The van der Waals surface area contributed by atoms with Crippen LogP contribution in [0.15, 0.2) is 23.4 Å². The SMILES string of the molecule is CC(C)CN(CCC(N)=NO)C(=O)c1cc(F)cc(F)c1. The Hall–Kier alpha value is -2.18. The maximum Gasteiger partial charge on any atom is 0.254 e. The Labute approximate surface area is 122 Å². The molecule has 0 bridgehead atoms. The number of hydrogen-bond acceptors (Lipinski definition) is 3. The number of benzene rings is 1. The number of carbonyl (C=O) groups excluding carboxylic acids is 1. The van der Waals surface area contributed by atoms with E-state index in [1.165, 1.54) is 4.90 Å². The van der Waals surface area contributed by atoms with Gasteiger partial charge in [-0.2, -0.15) is 0 Å². The van der Waals surface area contributed by atoms with Crippen LogP contribution in [0.25, 0.3) is 0 Å². The minimum Gasteiger partial charge on any atom is -0.409 e. The summed E-state index contributed by atoms with van der Waals surface area (Å²) in [5.74, 6) is -1.95. The van der Waals surface area contributed by atoms with E-state index >= 15 is 0 Å². The lowest BCUT2D eigenvalue weighted by molar-refractivity contribution is 0.0739. The molecule has 0 saturated heterocycles. The van der Waals surface area contributed by atoms with Crippen molar-refractivity contribution in [2.75, 3.05) is 13.1 Å². The van der Waals surface area contributed by atoms with Crippen LogP contribution in [0.5, 0.6) is 0 Å². The zero-order valence-electron chi connectivity index (χ0n) is 12.0. The number of halogens is 2. The fraction of sp³-hybridized carbons (Fsp3) is 0.429.